The highest BCUT2D eigenvalue weighted by molar-refractivity contribution is 7.99. The molecule has 0 radical (unpaired) electrons. The Hall–Kier alpha value is -2.72. The lowest BCUT2D eigenvalue weighted by molar-refractivity contribution is -0.763. The summed E-state index contributed by atoms with van der Waals surface area (Å²) in [6.45, 7) is 1.01. The molecule has 2 aromatic heterocycles. The summed E-state index contributed by atoms with van der Waals surface area (Å²) in [4.78, 5) is 28.9. The lowest BCUT2D eigenvalue weighted by atomic mass is 10.2. The Labute approximate surface area is 152 Å². The molecule has 3 rings (SSSR count). The SMILES string of the molecule is COCC[n+]1cc(NC(=O)CSc2nc3ccccc3c(=O)n2C)on1. The van der Waals surface area contributed by atoms with Crippen LogP contribution >= 0.6 is 11.8 Å². The minimum absolute atomic E-state index is 0.0807. The van der Waals surface area contributed by atoms with Crippen LogP contribution < -0.4 is 15.6 Å². The van der Waals surface area contributed by atoms with Crippen LogP contribution in [0.4, 0.5) is 5.88 Å². The van der Waals surface area contributed by atoms with Crippen LogP contribution in [0.1, 0.15) is 0 Å². The van der Waals surface area contributed by atoms with Gasteiger partial charge in [-0.05, 0) is 16.8 Å². The first kappa shape index (κ1) is 18.1. The zero-order valence-corrected chi connectivity index (χ0v) is 15.2. The normalized spacial score (nSPS) is 11.0. The van der Waals surface area contributed by atoms with Crippen LogP contribution in [-0.2, 0) is 23.1 Å². The molecule has 0 saturated carbocycles. The van der Waals surface area contributed by atoms with E-state index in [9.17, 15) is 9.59 Å². The number of hydrogen-bond acceptors (Lipinski definition) is 7. The van der Waals surface area contributed by atoms with E-state index in [2.05, 4.69) is 15.6 Å². The lowest BCUT2D eigenvalue weighted by Gasteiger charge is -2.08. The number of carbonyl (C=O) groups excluding carboxylic acids is 1. The number of hydrogen-bond donors (Lipinski definition) is 1. The number of nitrogens with zero attached hydrogens (tertiary/aromatic N) is 4. The van der Waals surface area contributed by atoms with Gasteiger partial charge in [0, 0.05) is 14.2 Å². The molecule has 9 nitrogen and oxygen atoms in total. The summed E-state index contributed by atoms with van der Waals surface area (Å²) in [6, 6.07) is 7.11. The van der Waals surface area contributed by atoms with E-state index in [0.29, 0.717) is 29.2 Å². The summed E-state index contributed by atoms with van der Waals surface area (Å²) >= 11 is 1.18. The molecule has 0 aliphatic rings. The number of anilines is 1. The molecule has 0 unspecified atom stereocenters. The number of fused-ring (bicyclic) bond motifs is 1. The fourth-order valence-electron chi connectivity index (χ4n) is 2.25. The van der Waals surface area contributed by atoms with Gasteiger partial charge in [-0.2, -0.15) is 0 Å². The number of rotatable bonds is 7. The van der Waals surface area contributed by atoms with Crippen LogP contribution in [0.2, 0.25) is 0 Å². The third-order valence-corrected chi connectivity index (χ3v) is 4.60. The Morgan fingerprint density at radius 1 is 1.42 bits per heavy atom. The summed E-state index contributed by atoms with van der Waals surface area (Å²) in [7, 11) is 3.23. The van der Waals surface area contributed by atoms with E-state index in [4.69, 9.17) is 9.26 Å². The fraction of sp³-hybridized carbons (Fsp3) is 0.312. The summed E-state index contributed by atoms with van der Waals surface area (Å²) in [5, 5.41) is 7.40. The molecule has 0 saturated heterocycles. The topological polar surface area (TPSA) is 103 Å². The fourth-order valence-corrected chi connectivity index (χ4v) is 3.03. The van der Waals surface area contributed by atoms with E-state index >= 15 is 0 Å². The highest BCUT2D eigenvalue weighted by Gasteiger charge is 2.15. The van der Waals surface area contributed by atoms with Gasteiger partial charge in [0.2, 0.25) is 17.7 Å². The molecule has 2 heterocycles. The second-order valence-corrected chi connectivity index (χ2v) is 6.38. The second-order valence-electron chi connectivity index (χ2n) is 5.43. The van der Waals surface area contributed by atoms with Crippen LogP contribution in [0.3, 0.4) is 0 Å². The predicted molar refractivity (Wildman–Crippen MR) is 94.9 cm³/mol. The molecule has 0 aliphatic carbocycles. The zero-order chi connectivity index (χ0) is 18.5. The van der Waals surface area contributed by atoms with E-state index in [1.807, 2.05) is 6.07 Å². The molecule has 0 fully saturated rings. The number of para-hydroxylation sites is 1. The molecular formula is C16H18N5O4S+. The Bertz CT molecular complexity index is 984. The first-order valence-electron chi connectivity index (χ1n) is 7.82. The van der Waals surface area contributed by atoms with E-state index in [1.54, 1.807) is 38.6 Å². The monoisotopic (exact) mass is 376 g/mol. The molecule has 0 aliphatic heterocycles. The molecule has 0 bridgehead atoms. The van der Waals surface area contributed by atoms with Crippen LogP contribution in [0.5, 0.6) is 0 Å². The van der Waals surface area contributed by atoms with Crippen molar-refractivity contribution in [3.05, 3.63) is 40.8 Å². The molecule has 136 valence electrons. The number of methoxy groups -OCH3 is 1. The molecular weight excluding hydrogens is 358 g/mol. The van der Waals surface area contributed by atoms with Gasteiger partial charge in [-0.25, -0.2) is 4.98 Å². The van der Waals surface area contributed by atoms with Gasteiger partial charge in [-0.3, -0.25) is 24.0 Å². The van der Waals surface area contributed by atoms with Crippen molar-refractivity contribution in [1.82, 2.24) is 14.8 Å². The van der Waals surface area contributed by atoms with E-state index in [0.717, 1.165) is 0 Å². The predicted octanol–water partition coefficient (Wildman–Crippen LogP) is 0.586. The quantitative estimate of drug-likeness (QED) is 0.366. The lowest BCUT2D eigenvalue weighted by Crippen LogP contribution is -2.36. The largest absolute Gasteiger partial charge is 0.378 e. The van der Waals surface area contributed by atoms with Crippen molar-refractivity contribution < 1.29 is 18.7 Å². The molecule has 26 heavy (non-hydrogen) atoms. The standard InChI is InChI=1S/C16H17N5O4S/c1-20-15(23)11-5-3-4-6-12(11)17-16(20)26-10-13(22)18-14-9-21(19-25-14)7-8-24-2/h3-6,9H,7-8,10H2,1-2H3/p+1. The van der Waals surface area contributed by atoms with Crippen LogP contribution in [-0.4, -0.2) is 40.2 Å². The maximum Gasteiger partial charge on any atom is 0.302 e. The molecule has 0 atom stereocenters. The first-order chi connectivity index (χ1) is 12.6. The highest BCUT2D eigenvalue weighted by atomic mass is 32.2. The minimum atomic E-state index is -0.285. The molecule has 0 spiro atoms. The first-order valence-corrected chi connectivity index (χ1v) is 8.81. The summed E-state index contributed by atoms with van der Waals surface area (Å²) in [5.74, 6) is 0.0386. The number of ether oxygens (including phenoxy) is 1. The van der Waals surface area contributed by atoms with Crippen LogP contribution in [0.25, 0.3) is 10.9 Å². The van der Waals surface area contributed by atoms with Gasteiger partial charge < -0.3 is 4.74 Å². The molecule has 3 aromatic rings. The number of benzene rings is 1. The van der Waals surface area contributed by atoms with Gasteiger partial charge in [0.1, 0.15) is 6.61 Å². The van der Waals surface area contributed by atoms with Crippen molar-refractivity contribution in [2.24, 2.45) is 7.05 Å². The van der Waals surface area contributed by atoms with E-state index < -0.39 is 0 Å². The Balaban J connectivity index is 1.64. The summed E-state index contributed by atoms with van der Waals surface area (Å²) < 4.78 is 12.9. The van der Waals surface area contributed by atoms with Crippen LogP contribution in [0.15, 0.2) is 44.9 Å². The number of carbonyl (C=O) groups is 1. The van der Waals surface area contributed by atoms with Crippen molar-refractivity contribution in [2.75, 3.05) is 24.8 Å². The Kier molecular flexibility index (Phi) is 5.64. The molecule has 1 aromatic carbocycles. The van der Waals surface area contributed by atoms with Crippen molar-refractivity contribution in [3.8, 4) is 0 Å². The average Bonchev–Trinajstić information content (AvgIpc) is 3.09. The second kappa shape index (κ2) is 8.11. The third-order valence-electron chi connectivity index (χ3n) is 3.57. The van der Waals surface area contributed by atoms with Gasteiger partial charge in [0.05, 0.1) is 16.7 Å². The highest BCUT2D eigenvalue weighted by Crippen LogP contribution is 2.17. The smallest absolute Gasteiger partial charge is 0.302 e. The summed E-state index contributed by atoms with van der Waals surface area (Å²) in [6.07, 6.45) is 1.58. The Morgan fingerprint density at radius 2 is 2.23 bits per heavy atom. The van der Waals surface area contributed by atoms with Gasteiger partial charge in [0.15, 0.2) is 5.16 Å². The average molecular weight is 376 g/mol. The maximum absolute atomic E-state index is 12.3. The minimum Gasteiger partial charge on any atom is -0.378 e. The van der Waals surface area contributed by atoms with Crippen molar-refractivity contribution in [2.45, 2.75) is 11.7 Å². The summed E-state index contributed by atoms with van der Waals surface area (Å²) in [5.41, 5.74) is 0.459. The number of amides is 1. The number of thioether (sulfide) groups is 1. The van der Waals surface area contributed by atoms with Gasteiger partial charge in [-0.15, -0.1) is 0 Å². The van der Waals surface area contributed by atoms with Crippen molar-refractivity contribution in [3.63, 3.8) is 0 Å². The van der Waals surface area contributed by atoms with Gasteiger partial charge >= 0.3 is 5.88 Å². The number of nitrogens with one attached hydrogen (secondary N) is 1. The van der Waals surface area contributed by atoms with E-state index in [-0.39, 0.29) is 23.1 Å². The molecule has 10 heteroatoms. The van der Waals surface area contributed by atoms with Gasteiger partial charge in [0.25, 0.3) is 11.8 Å². The molecule has 1 N–H and O–H groups in total. The number of aromatic nitrogens is 4. The Morgan fingerprint density at radius 3 is 3.04 bits per heavy atom. The van der Waals surface area contributed by atoms with Crippen LogP contribution in [0, 0.1) is 0 Å². The zero-order valence-electron chi connectivity index (χ0n) is 14.3. The van der Waals surface area contributed by atoms with Crippen molar-refractivity contribution in [1.29, 1.82) is 0 Å². The third kappa shape index (κ3) is 4.09. The van der Waals surface area contributed by atoms with Crippen molar-refractivity contribution >= 4 is 34.5 Å². The van der Waals surface area contributed by atoms with E-state index in [1.165, 1.54) is 21.0 Å². The molecule has 1 amide bonds. The van der Waals surface area contributed by atoms with Gasteiger partial charge in [-0.1, -0.05) is 23.9 Å². The maximum atomic E-state index is 12.3.